The Morgan fingerprint density at radius 3 is 2.33 bits per heavy atom. The van der Waals surface area contributed by atoms with E-state index in [2.05, 4.69) is 10.2 Å². The molecule has 0 bridgehead atoms. The molecule has 1 amide bonds. The number of hydrogen-bond acceptors (Lipinski definition) is 3. The predicted molar refractivity (Wildman–Crippen MR) is 103 cm³/mol. The van der Waals surface area contributed by atoms with Gasteiger partial charge in [-0.05, 0) is 30.6 Å². The van der Waals surface area contributed by atoms with E-state index in [0.29, 0.717) is 44.2 Å². The Balaban J connectivity index is 0.00000182. The van der Waals surface area contributed by atoms with Crippen LogP contribution in [0.2, 0.25) is 0 Å². The van der Waals surface area contributed by atoms with Gasteiger partial charge in [-0.3, -0.25) is 9.69 Å². The lowest BCUT2D eigenvalue weighted by Gasteiger charge is -2.39. The smallest absolute Gasteiger partial charge is 0.340 e. The van der Waals surface area contributed by atoms with Gasteiger partial charge in [0.15, 0.2) is 0 Å². The van der Waals surface area contributed by atoms with Crippen LogP contribution in [0.5, 0.6) is 0 Å². The Bertz CT molecular complexity index is 618. The van der Waals surface area contributed by atoms with Crippen molar-refractivity contribution < 1.29 is 18.0 Å². The molecule has 2 saturated heterocycles. The number of carbonyl (C=O) groups is 1. The molecule has 2 aliphatic heterocycles. The number of rotatable bonds is 4. The van der Waals surface area contributed by atoms with Gasteiger partial charge in [-0.25, -0.2) is 0 Å². The van der Waals surface area contributed by atoms with Crippen LogP contribution in [0.1, 0.15) is 18.1 Å². The van der Waals surface area contributed by atoms with Crippen molar-refractivity contribution in [3.8, 4) is 0 Å². The highest BCUT2D eigenvalue weighted by atomic mass is 35.5. The predicted octanol–water partition coefficient (Wildman–Crippen LogP) is 3.05. The molecule has 9 heteroatoms. The minimum Gasteiger partial charge on any atom is -0.340 e. The summed E-state index contributed by atoms with van der Waals surface area (Å²) < 4.78 is 38.4. The second-order valence-corrected chi connectivity index (χ2v) is 7.01. The third-order valence-electron chi connectivity index (χ3n) is 5.25. The number of benzene rings is 1. The van der Waals surface area contributed by atoms with E-state index in [1.165, 1.54) is 12.1 Å². The molecule has 0 aromatic heterocycles. The Labute approximate surface area is 170 Å². The van der Waals surface area contributed by atoms with Crippen LogP contribution in [0.4, 0.5) is 13.2 Å². The van der Waals surface area contributed by atoms with E-state index in [0.717, 1.165) is 19.2 Å². The SMILES string of the molecule is CC(C(=O)N1CCN(Cc2cccc(C(F)(F)F)c2)CC1)C1CNC1.Cl.Cl. The van der Waals surface area contributed by atoms with Gasteiger partial charge in [0, 0.05) is 38.6 Å². The molecule has 0 radical (unpaired) electrons. The normalized spacial score (nSPS) is 19.5. The maximum absolute atomic E-state index is 12.8. The van der Waals surface area contributed by atoms with Crippen LogP contribution < -0.4 is 5.32 Å². The van der Waals surface area contributed by atoms with E-state index in [9.17, 15) is 18.0 Å². The van der Waals surface area contributed by atoms with Crippen LogP contribution in [0.25, 0.3) is 0 Å². The van der Waals surface area contributed by atoms with Gasteiger partial charge in [-0.15, -0.1) is 24.8 Å². The van der Waals surface area contributed by atoms with Crippen LogP contribution in [0.15, 0.2) is 24.3 Å². The average Bonchev–Trinajstić information content (AvgIpc) is 2.53. The van der Waals surface area contributed by atoms with E-state index in [4.69, 9.17) is 0 Å². The number of piperazine rings is 1. The number of amides is 1. The molecule has 2 heterocycles. The Morgan fingerprint density at radius 1 is 1.19 bits per heavy atom. The first-order valence-electron chi connectivity index (χ1n) is 8.72. The number of nitrogens with zero attached hydrogens (tertiary/aromatic N) is 2. The standard InChI is InChI=1S/C18H24F3N3O.2ClH/c1-13(15-10-22-11-15)17(25)24-7-5-23(6-8-24)12-14-3-2-4-16(9-14)18(19,20)21;;/h2-4,9,13,15,22H,5-8,10-12H2,1H3;2*1H. The number of alkyl halides is 3. The van der Waals surface area contributed by atoms with Crippen molar-refractivity contribution in [2.75, 3.05) is 39.3 Å². The molecule has 154 valence electrons. The van der Waals surface area contributed by atoms with Gasteiger partial charge in [-0.1, -0.05) is 25.1 Å². The highest BCUT2D eigenvalue weighted by molar-refractivity contribution is 5.85. The second-order valence-electron chi connectivity index (χ2n) is 7.01. The van der Waals surface area contributed by atoms with E-state index >= 15 is 0 Å². The molecule has 0 spiro atoms. The number of hydrogen-bond donors (Lipinski definition) is 1. The van der Waals surface area contributed by atoms with Crippen molar-refractivity contribution in [3.63, 3.8) is 0 Å². The zero-order valence-corrected chi connectivity index (χ0v) is 16.8. The number of halogens is 5. The molecule has 1 N–H and O–H groups in total. The van der Waals surface area contributed by atoms with Crippen LogP contribution in [0, 0.1) is 11.8 Å². The molecule has 0 aliphatic carbocycles. The summed E-state index contributed by atoms with van der Waals surface area (Å²) in [6.45, 7) is 6.95. The van der Waals surface area contributed by atoms with E-state index in [1.807, 2.05) is 11.8 Å². The van der Waals surface area contributed by atoms with Crippen molar-refractivity contribution in [2.24, 2.45) is 11.8 Å². The lowest BCUT2D eigenvalue weighted by molar-refractivity contribution is -0.139. The lowest BCUT2D eigenvalue weighted by Crippen LogP contribution is -2.54. The van der Waals surface area contributed by atoms with Crippen LogP contribution in [0.3, 0.4) is 0 Å². The maximum atomic E-state index is 12.8. The van der Waals surface area contributed by atoms with E-state index < -0.39 is 11.7 Å². The summed E-state index contributed by atoms with van der Waals surface area (Å²) in [6, 6.07) is 5.48. The molecule has 4 nitrogen and oxygen atoms in total. The first-order chi connectivity index (χ1) is 11.8. The average molecular weight is 428 g/mol. The zero-order valence-electron chi connectivity index (χ0n) is 15.2. The molecule has 1 aromatic carbocycles. The highest BCUT2D eigenvalue weighted by Gasteiger charge is 2.33. The van der Waals surface area contributed by atoms with Crippen LogP contribution in [-0.2, 0) is 17.5 Å². The van der Waals surface area contributed by atoms with Gasteiger partial charge in [0.1, 0.15) is 0 Å². The van der Waals surface area contributed by atoms with Gasteiger partial charge in [0.2, 0.25) is 5.91 Å². The van der Waals surface area contributed by atoms with Gasteiger partial charge in [0.25, 0.3) is 0 Å². The van der Waals surface area contributed by atoms with Crippen molar-refractivity contribution >= 4 is 30.7 Å². The molecular weight excluding hydrogens is 402 g/mol. The summed E-state index contributed by atoms with van der Waals surface area (Å²) >= 11 is 0. The maximum Gasteiger partial charge on any atom is 0.416 e. The molecule has 0 saturated carbocycles. The zero-order chi connectivity index (χ0) is 18.0. The lowest BCUT2D eigenvalue weighted by atomic mass is 9.88. The minimum atomic E-state index is -4.31. The highest BCUT2D eigenvalue weighted by Crippen LogP contribution is 2.30. The van der Waals surface area contributed by atoms with Crippen molar-refractivity contribution in [1.82, 2.24) is 15.1 Å². The van der Waals surface area contributed by atoms with Gasteiger partial charge >= 0.3 is 6.18 Å². The summed E-state index contributed by atoms with van der Waals surface area (Å²) in [4.78, 5) is 16.5. The van der Waals surface area contributed by atoms with Gasteiger partial charge < -0.3 is 10.2 Å². The molecule has 1 unspecified atom stereocenters. The summed E-state index contributed by atoms with van der Waals surface area (Å²) in [5.74, 6) is 0.664. The summed E-state index contributed by atoms with van der Waals surface area (Å²) in [7, 11) is 0. The fourth-order valence-corrected chi connectivity index (χ4v) is 3.38. The Kier molecular flexibility index (Phi) is 8.86. The van der Waals surface area contributed by atoms with E-state index in [-0.39, 0.29) is 36.6 Å². The monoisotopic (exact) mass is 427 g/mol. The molecule has 27 heavy (non-hydrogen) atoms. The Hall–Kier alpha value is -1.02. The van der Waals surface area contributed by atoms with Crippen LogP contribution in [-0.4, -0.2) is 55.0 Å². The first kappa shape index (κ1) is 24.0. The third-order valence-corrected chi connectivity index (χ3v) is 5.25. The first-order valence-corrected chi connectivity index (χ1v) is 8.72. The van der Waals surface area contributed by atoms with Crippen molar-refractivity contribution in [1.29, 1.82) is 0 Å². The molecule has 1 atom stereocenters. The summed E-state index contributed by atoms with van der Waals surface area (Å²) in [5.41, 5.74) is 0.0465. The quantitative estimate of drug-likeness (QED) is 0.801. The largest absolute Gasteiger partial charge is 0.416 e. The van der Waals surface area contributed by atoms with Crippen LogP contribution >= 0.6 is 24.8 Å². The van der Waals surface area contributed by atoms with E-state index in [1.54, 1.807) is 6.07 Å². The van der Waals surface area contributed by atoms with Crippen molar-refractivity contribution in [2.45, 2.75) is 19.6 Å². The molecule has 2 fully saturated rings. The topological polar surface area (TPSA) is 35.6 Å². The fraction of sp³-hybridized carbons (Fsp3) is 0.611. The number of nitrogens with one attached hydrogen (secondary N) is 1. The molecule has 3 rings (SSSR count). The summed E-state index contributed by atoms with van der Waals surface area (Å²) in [6.07, 6.45) is -4.31. The fourth-order valence-electron chi connectivity index (χ4n) is 3.38. The van der Waals surface area contributed by atoms with Gasteiger partial charge in [0.05, 0.1) is 5.56 Å². The third kappa shape index (κ3) is 5.98. The molecule has 1 aromatic rings. The minimum absolute atomic E-state index is 0. The summed E-state index contributed by atoms with van der Waals surface area (Å²) in [5, 5.41) is 3.19. The number of carbonyl (C=O) groups excluding carboxylic acids is 1. The molecule has 2 aliphatic rings. The van der Waals surface area contributed by atoms with Gasteiger partial charge in [-0.2, -0.15) is 13.2 Å². The molecular formula is C18H26Cl2F3N3O. The second kappa shape index (κ2) is 9.96. The van der Waals surface area contributed by atoms with Crippen molar-refractivity contribution in [3.05, 3.63) is 35.4 Å². The Morgan fingerprint density at radius 2 is 1.81 bits per heavy atom.